The standard InChI is InChI=1S/C23H28N4O3/c1-3-19(23(30)27-15-13-26(2)14-16-27)24-22(29)18-11-7-8-12-20(18)25-21(28)17-9-5-4-6-10-17/h4-12,19H,3,13-16H2,1-2H3,(H,24,29)(H,25,28)/t19-/m1/s1. The summed E-state index contributed by atoms with van der Waals surface area (Å²) in [7, 11) is 2.03. The largest absolute Gasteiger partial charge is 0.340 e. The molecule has 30 heavy (non-hydrogen) atoms. The average Bonchev–Trinajstić information content (AvgIpc) is 2.78. The molecule has 7 nitrogen and oxygen atoms in total. The summed E-state index contributed by atoms with van der Waals surface area (Å²) in [5, 5.41) is 5.65. The summed E-state index contributed by atoms with van der Waals surface area (Å²) in [6.45, 7) is 4.84. The van der Waals surface area contributed by atoms with Crippen LogP contribution in [0.15, 0.2) is 54.6 Å². The van der Waals surface area contributed by atoms with Gasteiger partial charge in [0.25, 0.3) is 11.8 Å². The van der Waals surface area contributed by atoms with Crippen LogP contribution in [0, 0.1) is 0 Å². The Bertz CT molecular complexity index is 892. The Hall–Kier alpha value is -3.19. The summed E-state index contributed by atoms with van der Waals surface area (Å²) in [6.07, 6.45) is 0.495. The number of hydrogen-bond acceptors (Lipinski definition) is 4. The molecule has 0 bridgehead atoms. The number of amides is 3. The highest BCUT2D eigenvalue weighted by Gasteiger charge is 2.27. The highest BCUT2D eigenvalue weighted by molar-refractivity contribution is 6.09. The minimum atomic E-state index is -0.598. The van der Waals surface area contributed by atoms with E-state index in [9.17, 15) is 14.4 Å². The number of carbonyl (C=O) groups excluding carboxylic acids is 3. The van der Waals surface area contributed by atoms with Gasteiger partial charge in [0.15, 0.2) is 0 Å². The maximum atomic E-state index is 13.0. The third-order valence-electron chi connectivity index (χ3n) is 5.28. The van der Waals surface area contributed by atoms with Gasteiger partial charge in [-0.2, -0.15) is 0 Å². The number of hydrogen-bond donors (Lipinski definition) is 2. The number of likely N-dealkylation sites (N-methyl/N-ethyl adjacent to an activating group) is 1. The van der Waals surface area contributed by atoms with E-state index in [0.717, 1.165) is 13.1 Å². The number of anilines is 1. The normalized spacial score (nSPS) is 15.3. The molecule has 2 aromatic carbocycles. The average molecular weight is 409 g/mol. The second-order valence-electron chi connectivity index (χ2n) is 7.43. The number of rotatable bonds is 6. The number of nitrogens with zero attached hydrogens (tertiary/aromatic N) is 2. The maximum Gasteiger partial charge on any atom is 0.255 e. The van der Waals surface area contributed by atoms with Gasteiger partial charge in [-0.15, -0.1) is 0 Å². The Morgan fingerprint density at radius 2 is 1.53 bits per heavy atom. The Labute approximate surface area is 177 Å². The van der Waals surface area contributed by atoms with Crippen LogP contribution in [0.1, 0.15) is 34.1 Å². The molecular formula is C23H28N4O3. The Morgan fingerprint density at radius 3 is 2.20 bits per heavy atom. The summed E-state index contributed by atoms with van der Waals surface area (Å²) < 4.78 is 0. The van der Waals surface area contributed by atoms with Crippen molar-refractivity contribution in [1.82, 2.24) is 15.1 Å². The first kappa shape index (κ1) is 21.5. The number of para-hydroxylation sites is 1. The molecule has 3 rings (SSSR count). The molecule has 0 unspecified atom stereocenters. The van der Waals surface area contributed by atoms with E-state index < -0.39 is 6.04 Å². The van der Waals surface area contributed by atoms with Crippen LogP contribution >= 0.6 is 0 Å². The van der Waals surface area contributed by atoms with Crippen molar-refractivity contribution in [2.75, 3.05) is 38.5 Å². The minimum Gasteiger partial charge on any atom is -0.340 e. The van der Waals surface area contributed by atoms with E-state index >= 15 is 0 Å². The van der Waals surface area contributed by atoms with E-state index in [-0.39, 0.29) is 17.7 Å². The second kappa shape index (κ2) is 10.0. The van der Waals surface area contributed by atoms with Gasteiger partial charge in [0.2, 0.25) is 5.91 Å². The van der Waals surface area contributed by atoms with Gasteiger partial charge in [0, 0.05) is 31.7 Å². The lowest BCUT2D eigenvalue weighted by Gasteiger charge is -2.34. The lowest BCUT2D eigenvalue weighted by atomic mass is 10.1. The van der Waals surface area contributed by atoms with E-state index in [4.69, 9.17) is 0 Å². The Balaban J connectivity index is 1.70. The van der Waals surface area contributed by atoms with Crippen molar-refractivity contribution in [3.05, 3.63) is 65.7 Å². The summed E-state index contributed by atoms with van der Waals surface area (Å²) in [5.41, 5.74) is 1.24. The van der Waals surface area contributed by atoms with Crippen LogP contribution in [0.3, 0.4) is 0 Å². The second-order valence-corrected chi connectivity index (χ2v) is 7.43. The van der Waals surface area contributed by atoms with Crippen LogP contribution < -0.4 is 10.6 Å². The molecule has 2 aromatic rings. The summed E-state index contributed by atoms with van der Waals surface area (Å²) in [5.74, 6) is -0.741. The van der Waals surface area contributed by atoms with Crippen LogP contribution in [0.4, 0.5) is 5.69 Å². The molecule has 0 aromatic heterocycles. The molecule has 0 aliphatic carbocycles. The highest BCUT2D eigenvalue weighted by Crippen LogP contribution is 2.17. The molecular weight excluding hydrogens is 380 g/mol. The predicted molar refractivity (Wildman–Crippen MR) is 116 cm³/mol. The molecule has 7 heteroatoms. The molecule has 3 amide bonds. The number of piperazine rings is 1. The van der Waals surface area contributed by atoms with Crippen LogP contribution in [0.5, 0.6) is 0 Å². The van der Waals surface area contributed by atoms with Gasteiger partial charge in [-0.25, -0.2) is 0 Å². The zero-order chi connectivity index (χ0) is 21.5. The van der Waals surface area contributed by atoms with Crippen LogP contribution in [0.2, 0.25) is 0 Å². The van der Waals surface area contributed by atoms with E-state index in [0.29, 0.717) is 36.3 Å². The Morgan fingerprint density at radius 1 is 0.900 bits per heavy atom. The lowest BCUT2D eigenvalue weighted by molar-refractivity contribution is -0.134. The summed E-state index contributed by atoms with van der Waals surface area (Å²) >= 11 is 0. The van der Waals surface area contributed by atoms with Crippen molar-refractivity contribution in [3.63, 3.8) is 0 Å². The van der Waals surface area contributed by atoms with Gasteiger partial charge in [-0.1, -0.05) is 37.3 Å². The Kier molecular flexibility index (Phi) is 7.19. The third kappa shape index (κ3) is 5.24. The molecule has 1 saturated heterocycles. The van der Waals surface area contributed by atoms with Gasteiger partial charge < -0.3 is 20.4 Å². The topological polar surface area (TPSA) is 81.8 Å². The molecule has 2 N–H and O–H groups in total. The van der Waals surface area contributed by atoms with Crippen molar-refractivity contribution in [2.24, 2.45) is 0 Å². The van der Waals surface area contributed by atoms with E-state index in [1.807, 2.05) is 20.0 Å². The molecule has 158 valence electrons. The van der Waals surface area contributed by atoms with E-state index in [1.165, 1.54) is 0 Å². The highest BCUT2D eigenvalue weighted by atomic mass is 16.2. The zero-order valence-electron chi connectivity index (χ0n) is 17.4. The number of benzene rings is 2. The fourth-order valence-corrected chi connectivity index (χ4v) is 3.40. The lowest BCUT2D eigenvalue weighted by Crippen LogP contribution is -2.54. The quantitative estimate of drug-likeness (QED) is 0.768. The van der Waals surface area contributed by atoms with Crippen LogP contribution in [-0.2, 0) is 4.79 Å². The van der Waals surface area contributed by atoms with Gasteiger partial charge in [0.05, 0.1) is 11.3 Å². The first-order valence-electron chi connectivity index (χ1n) is 10.2. The van der Waals surface area contributed by atoms with Crippen LogP contribution in [-0.4, -0.2) is 66.8 Å². The molecule has 1 aliphatic heterocycles. The molecule has 1 aliphatic rings. The molecule has 0 radical (unpaired) electrons. The van der Waals surface area contributed by atoms with E-state index in [1.54, 1.807) is 53.4 Å². The summed E-state index contributed by atoms with van der Waals surface area (Å²) in [4.78, 5) is 42.3. The number of carbonyl (C=O) groups is 3. The predicted octanol–water partition coefficient (Wildman–Crippen LogP) is 2.22. The molecule has 1 atom stereocenters. The monoisotopic (exact) mass is 408 g/mol. The fourth-order valence-electron chi connectivity index (χ4n) is 3.40. The van der Waals surface area contributed by atoms with Crippen LogP contribution in [0.25, 0.3) is 0 Å². The summed E-state index contributed by atoms with van der Waals surface area (Å²) in [6, 6.07) is 15.0. The SMILES string of the molecule is CC[C@@H](NC(=O)c1ccccc1NC(=O)c1ccccc1)C(=O)N1CCN(C)CC1. The van der Waals surface area contributed by atoms with Crippen molar-refractivity contribution >= 4 is 23.4 Å². The molecule has 0 saturated carbocycles. The fraction of sp³-hybridized carbons (Fsp3) is 0.348. The molecule has 1 fully saturated rings. The van der Waals surface area contributed by atoms with Crippen molar-refractivity contribution < 1.29 is 14.4 Å². The maximum absolute atomic E-state index is 13.0. The van der Waals surface area contributed by atoms with Gasteiger partial charge >= 0.3 is 0 Å². The van der Waals surface area contributed by atoms with Gasteiger partial charge in [-0.05, 0) is 37.7 Å². The molecule has 0 spiro atoms. The smallest absolute Gasteiger partial charge is 0.255 e. The van der Waals surface area contributed by atoms with Gasteiger partial charge in [-0.3, -0.25) is 14.4 Å². The number of nitrogens with one attached hydrogen (secondary N) is 2. The van der Waals surface area contributed by atoms with E-state index in [2.05, 4.69) is 15.5 Å². The van der Waals surface area contributed by atoms with Gasteiger partial charge in [0.1, 0.15) is 6.04 Å². The first-order chi connectivity index (χ1) is 14.5. The van der Waals surface area contributed by atoms with Crippen molar-refractivity contribution in [2.45, 2.75) is 19.4 Å². The van der Waals surface area contributed by atoms with Crippen molar-refractivity contribution in [1.29, 1.82) is 0 Å². The minimum absolute atomic E-state index is 0.0650. The zero-order valence-corrected chi connectivity index (χ0v) is 17.4. The van der Waals surface area contributed by atoms with Crippen molar-refractivity contribution in [3.8, 4) is 0 Å². The first-order valence-corrected chi connectivity index (χ1v) is 10.2. The third-order valence-corrected chi connectivity index (χ3v) is 5.28. The molecule has 1 heterocycles.